The lowest BCUT2D eigenvalue weighted by Gasteiger charge is -2.17. The zero-order valence-electron chi connectivity index (χ0n) is 10.8. The molecule has 2 atom stereocenters. The molecule has 10 heteroatoms. The van der Waals surface area contributed by atoms with Gasteiger partial charge in [-0.15, -0.1) is 0 Å². The van der Waals surface area contributed by atoms with Gasteiger partial charge in [0.25, 0.3) is 0 Å². The zero-order chi connectivity index (χ0) is 15.8. The molecule has 0 saturated carbocycles. The minimum absolute atomic E-state index is 0.225. The number of sulfonamides is 1. The molecule has 2 unspecified atom stereocenters. The number of benzene rings is 1. The summed E-state index contributed by atoms with van der Waals surface area (Å²) in [5, 5.41) is 18.2. The number of carboxylic acids is 1. The highest BCUT2D eigenvalue weighted by molar-refractivity contribution is 7.89. The predicted octanol–water partition coefficient (Wildman–Crippen LogP) is -1.03. The fraction of sp³-hybridized carbons (Fsp3) is 0.273. The summed E-state index contributed by atoms with van der Waals surface area (Å²) >= 11 is 0. The van der Waals surface area contributed by atoms with E-state index in [-0.39, 0.29) is 10.4 Å². The molecule has 21 heavy (non-hydrogen) atoms. The average Bonchev–Trinajstić information content (AvgIpc) is 2.74. The highest BCUT2D eigenvalue weighted by atomic mass is 32.2. The van der Waals surface area contributed by atoms with Crippen LogP contribution < -0.4 is 10.4 Å². The minimum Gasteiger partial charge on any atom is -0.480 e. The maximum absolute atomic E-state index is 12.1. The Bertz CT molecular complexity index is 835. The number of aliphatic hydroxyl groups is 1. The summed E-state index contributed by atoms with van der Waals surface area (Å²) in [7, 11) is -4.16. The van der Waals surface area contributed by atoms with E-state index in [9.17, 15) is 23.1 Å². The third-order valence-corrected chi connectivity index (χ3v) is 4.27. The number of hydrogen-bond donors (Lipinski definition) is 5. The lowest BCUT2D eigenvalue weighted by Crippen LogP contribution is -2.47. The van der Waals surface area contributed by atoms with Gasteiger partial charge in [-0.1, -0.05) is 0 Å². The number of aliphatic hydroxyl groups excluding tert-OH is 1. The van der Waals surface area contributed by atoms with Crippen molar-refractivity contribution >= 4 is 27.0 Å². The number of hydrogen-bond acceptors (Lipinski definition) is 5. The maximum atomic E-state index is 12.1. The molecule has 5 N–H and O–H groups in total. The molecule has 2 aromatic rings. The van der Waals surface area contributed by atoms with Gasteiger partial charge in [0.05, 0.1) is 22.0 Å². The lowest BCUT2D eigenvalue weighted by molar-refractivity contribution is -0.141. The van der Waals surface area contributed by atoms with Crippen LogP contribution in [0.3, 0.4) is 0 Å². The van der Waals surface area contributed by atoms with E-state index in [0.717, 1.165) is 6.92 Å². The van der Waals surface area contributed by atoms with E-state index in [1.807, 2.05) is 4.72 Å². The molecule has 114 valence electrons. The van der Waals surface area contributed by atoms with E-state index < -0.39 is 33.8 Å². The first-order valence-electron chi connectivity index (χ1n) is 5.86. The molecule has 0 saturated heterocycles. The maximum Gasteiger partial charge on any atom is 0.324 e. The van der Waals surface area contributed by atoms with Crippen LogP contribution in [0.15, 0.2) is 27.9 Å². The van der Waals surface area contributed by atoms with Crippen LogP contribution >= 0.6 is 0 Å². The van der Waals surface area contributed by atoms with Crippen molar-refractivity contribution in [1.82, 2.24) is 14.7 Å². The summed E-state index contributed by atoms with van der Waals surface area (Å²) in [5.41, 5.74) is 0.205. The molecule has 1 heterocycles. The highest BCUT2D eigenvalue weighted by Gasteiger charge is 2.29. The van der Waals surface area contributed by atoms with Crippen LogP contribution in [0.4, 0.5) is 0 Å². The highest BCUT2D eigenvalue weighted by Crippen LogP contribution is 2.15. The second-order valence-electron chi connectivity index (χ2n) is 4.46. The Labute approximate surface area is 118 Å². The number of imidazole rings is 1. The smallest absolute Gasteiger partial charge is 0.324 e. The molecule has 9 nitrogen and oxygen atoms in total. The molecule has 0 bridgehead atoms. The number of aromatic nitrogens is 2. The average molecular weight is 315 g/mol. The third-order valence-electron chi connectivity index (χ3n) is 2.83. The van der Waals surface area contributed by atoms with Crippen LogP contribution in [0.2, 0.25) is 0 Å². The quantitative estimate of drug-likeness (QED) is 0.475. The molecular formula is C11H13N3O6S. The van der Waals surface area contributed by atoms with Gasteiger partial charge in [0, 0.05) is 0 Å². The van der Waals surface area contributed by atoms with Crippen LogP contribution in [-0.4, -0.2) is 46.7 Å². The Balaban J connectivity index is 2.41. The van der Waals surface area contributed by atoms with Crippen LogP contribution in [-0.2, 0) is 14.8 Å². The van der Waals surface area contributed by atoms with Gasteiger partial charge in [-0.05, 0) is 25.1 Å². The monoisotopic (exact) mass is 315 g/mol. The summed E-state index contributed by atoms with van der Waals surface area (Å²) in [5.74, 6) is -1.50. The van der Waals surface area contributed by atoms with Crippen molar-refractivity contribution in [3.05, 3.63) is 28.7 Å². The first-order chi connectivity index (χ1) is 9.70. The van der Waals surface area contributed by atoms with Crippen molar-refractivity contribution in [2.75, 3.05) is 0 Å². The summed E-state index contributed by atoms with van der Waals surface area (Å²) < 4.78 is 26.1. The molecule has 0 aliphatic carbocycles. The Hall–Kier alpha value is -2.17. The van der Waals surface area contributed by atoms with Crippen LogP contribution in [0.1, 0.15) is 6.92 Å². The second kappa shape index (κ2) is 5.31. The van der Waals surface area contributed by atoms with E-state index >= 15 is 0 Å². The zero-order valence-corrected chi connectivity index (χ0v) is 11.6. The number of rotatable bonds is 5. The summed E-state index contributed by atoms with van der Waals surface area (Å²) in [6.45, 7) is 1.16. The van der Waals surface area contributed by atoms with Crippen molar-refractivity contribution in [2.45, 2.75) is 24.0 Å². The van der Waals surface area contributed by atoms with E-state index in [1.54, 1.807) is 0 Å². The van der Waals surface area contributed by atoms with E-state index in [0.29, 0.717) is 5.52 Å². The van der Waals surface area contributed by atoms with Gasteiger partial charge in [0.15, 0.2) is 0 Å². The van der Waals surface area contributed by atoms with Crippen LogP contribution in [0.25, 0.3) is 11.0 Å². The van der Waals surface area contributed by atoms with E-state index in [4.69, 9.17) is 5.11 Å². The molecule has 0 aliphatic rings. The van der Waals surface area contributed by atoms with Crippen molar-refractivity contribution in [3.8, 4) is 0 Å². The number of fused-ring (bicyclic) bond motifs is 1. The van der Waals surface area contributed by atoms with E-state index in [1.165, 1.54) is 18.2 Å². The number of carboxylic acid groups (broad SMARTS) is 1. The Morgan fingerprint density at radius 3 is 2.48 bits per heavy atom. The number of carbonyl (C=O) groups is 1. The lowest BCUT2D eigenvalue weighted by atomic mass is 10.2. The van der Waals surface area contributed by atoms with Gasteiger partial charge in [-0.2, -0.15) is 4.72 Å². The van der Waals surface area contributed by atoms with Crippen LogP contribution in [0, 0.1) is 0 Å². The van der Waals surface area contributed by atoms with Gasteiger partial charge in [0.1, 0.15) is 6.04 Å². The topological polar surface area (TPSA) is 152 Å². The normalized spacial score (nSPS) is 15.0. The fourth-order valence-electron chi connectivity index (χ4n) is 1.77. The number of aliphatic carboxylic acids is 1. The molecule has 0 amide bonds. The Morgan fingerprint density at radius 1 is 1.29 bits per heavy atom. The minimum atomic E-state index is -4.16. The first kappa shape index (κ1) is 15.2. The van der Waals surface area contributed by atoms with Crippen molar-refractivity contribution < 1.29 is 23.4 Å². The van der Waals surface area contributed by atoms with Gasteiger partial charge < -0.3 is 20.2 Å². The van der Waals surface area contributed by atoms with Gasteiger partial charge in [-0.3, -0.25) is 4.79 Å². The standard InChI is InChI=1S/C11H13N3O6S/c1-5(15)9(10(16)17)14-21(19,20)6-2-3-7-8(4-6)13-11(18)12-7/h2-5,9,14-15H,1H3,(H,16,17)(H2,12,13,18). The fourth-order valence-corrected chi connectivity index (χ4v) is 3.06. The molecular weight excluding hydrogens is 302 g/mol. The molecule has 0 radical (unpaired) electrons. The number of H-pyrrole nitrogens is 2. The largest absolute Gasteiger partial charge is 0.480 e. The molecule has 0 aliphatic heterocycles. The van der Waals surface area contributed by atoms with Gasteiger partial charge in [0.2, 0.25) is 10.0 Å². The third kappa shape index (κ3) is 3.12. The predicted molar refractivity (Wildman–Crippen MR) is 72.3 cm³/mol. The second-order valence-corrected chi connectivity index (χ2v) is 6.18. The molecule has 0 fully saturated rings. The van der Waals surface area contributed by atoms with Gasteiger partial charge in [-0.25, -0.2) is 13.2 Å². The summed E-state index contributed by atoms with van der Waals surface area (Å²) in [6.07, 6.45) is -1.41. The SMILES string of the molecule is CC(O)C(NS(=O)(=O)c1ccc2[nH]c(=O)[nH]c2c1)C(=O)O. The van der Waals surface area contributed by atoms with E-state index in [2.05, 4.69) is 9.97 Å². The summed E-state index contributed by atoms with van der Waals surface area (Å²) in [4.78, 5) is 26.7. The van der Waals surface area contributed by atoms with Crippen LogP contribution in [0.5, 0.6) is 0 Å². The van der Waals surface area contributed by atoms with Crippen molar-refractivity contribution in [3.63, 3.8) is 0 Å². The molecule has 0 spiro atoms. The molecule has 1 aromatic carbocycles. The Kier molecular flexibility index (Phi) is 3.85. The van der Waals surface area contributed by atoms with Crippen molar-refractivity contribution in [1.29, 1.82) is 0 Å². The summed E-state index contributed by atoms with van der Waals surface area (Å²) in [6, 6.07) is 2.11. The Morgan fingerprint density at radius 2 is 1.90 bits per heavy atom. The number of aromatic amines is 2. The molecule has 2 rings (SSSR count). The molecule has 1 aromatic heterocycles. The van der Waals surface area contributed by atoms with Gasteiger partial charge >= 0.3 is 11.7 Å². The number of nitrogens with one attached hydrogen (secondary N) is 3. The first-order valence-corrected chi connectivity index (χ1v) is 7.34. The van der Waals surface area contributed by atoms with Crippen molar-refractivity contribution in [2.24, 2.45) is 0 Å².